The maximum atomic E-state index is 10.5. The van der Waals surface area contributed by atoms with Crippen LogP contribution in [0.25, 0.3) is 0 Å². The van der Waals surface area contributed by atoms with Gasteiger partial charge in [-0.15, -0.1) is 11.6 Å². The molecule has 88 valence electrons. The van der Waals surface area contributed by atoms with E-state index in [-0.39, 0.29) is 0 Å². The van der Waals surface area contributed by atoms with E-state index in [0.29, 0.717) is 13.2 Å². The molecule has 1 fully saturated rings. The minimum absolute atomic E-state index is 0.351. The van der Waals surface area contributed by atoms with Crippen LogP contribution in [0.2, 0.25) is 0 Å². The predicted molar refractivity (Wildman–Crippen MR) is 58.3 cm³/mol. The zero-order valence-corrected chi connectivity index (χ0v) is 9.74. The lowest BCUT2D eigenvalue weighted by atomic mass is 10.4. The van der Waals surface area contributed by atoms with Crippen molar-refractivity contribution in [2.24, 2.45) is 5.92 Å². The van der Waals surface area contributed by atoms with E-state index in [1.54, 1.807) is 0 Å². The van der Waals surface area contributed by atoms with Crippen molar-refractivity contribution in [3.63, 3.8) is 0 Å². The summed E-state index contributed by atoms with van der Waals surface area (Å²) < 4.78 is 5.44. The third-order valence-electron chi connectivity index (χ3n) is 2.41. The molecule has 0 saturated heterocycles. The molecule has 0 radical (unpaired) electrons. The fourth-order valence-electron chi connectivity index (χ4n) is 1.20. The molecule has 1 atom stereocenters. The lowest BCUT2D eigenvalue weighted by Crippen LogP contribution is -2.33. The molecule has 0 aromatic carbocycles. The van der Waals surface area contributed by atoms with Gasteiger partial charge < -0.3 is 14.7 Å². The highest BCUT2D eigenvalue weighted by atomic mass is 35.5. The predicted octanol–water partition coefficient (Wildman–Crippen LogP) is 1.04. The van der Waals surface area contributed by atoms with E-state index in [9.17, 15) is 4.79 Å². The molecule has 0 aromatic heterocycles. The van der Waals surface area contributed by atoms with Crippen LogP contribution < -0.4 is 0 Å². The van der Waals surface area contributed by atoms with Crippen LogP contribution in [0.4, 0.5) is 0 Å². The Hall–Kier alpha value is -0.320. The Labute approximate surface area is 95.2 Å². The van der Waals surface area contributed by atoms with Crippen molar-refractivity contribution in [3.8, 4) is 0 Å². The lowest BCUT2D eigenvalue weighted by Gasteiger charge is -2.17. The number of carboxylic acids is 1. The summed E-state index contributed by atoms with van der Waals surface area (Å²) >= 11 is 5.60. The van der Waals surface area contributed by atoms with Gasteiger partial charge in [0.2, 0.25) is 0 Å². The van der Waals surface area contributed by atoms with Crippen LogP contribution in [-0.4, -0.2) is 54.7 Å². The zero-order chi connectivity index (χ0) is 11.3. The van der Waals surface area contributed by atoms with Gasteiger partial charge in [0.05, 0.1) is 6.61 Å². The Bertz CT molecular complexity index is 209. The van der Waals surface area contributed by atoms with Gasteiger partial charge in [0.25, 0.3) is 0 Å². The van der Waals surface area contributed by atoms with Crippen molar-refractivity contribution in [2.75, 3.05) is 33.4 Å². The Morgan fingerprint density at radius 3 is 2.87 bits per heavy atom. The number of aliphatic carboxylic acids is 1. The normalized spacial score (nSPS) is 18.1. The fraction of sp³-hybridized carbons (Fsp3) is 0.900. The van der Waals surface area contributed by atoms with Crippen LogP contribution in [0.5, 0.6) is 0 Å². The van der Waals surface area contributed by atoms with E-state index in [2.05, 4.69) is 0 Å². The molecule has 1 aliphatic rings. The van der Waals surface area contributed by atoms with E-state index in [0.717, 1.165) is 19.1 Å². The number of nitrogens with zero attached hydrogens (tertiary/aromatic N) is 1. The average molecular weight is 236 g/mol. The van der Waals surface area contributed by atoms with Gasteiger partial charge in [0.15, 0.2) is 0 Å². The Balaban J connectivity index is 1.96. The summed E-state index contributed by atoms with van der Waals surface area (Å²) in [4.78, 5) is 12.3. The van der Waals surface area contributed by atoms with E-state index >= 15 is 0 Å². The van der Waals surface area contributed by atoms with Crippen molar-refractivity contribution in [1.29, 1.82) is 0 Å². The molecule has 0 aliphatic heterocycles. The summed E-state index contributed by atoms with van der Waals surface area (Å²) in [6.07, 6.45) is 2.58. The SMILES string of the molecule is CN(CCOCC1CC1)CC(Cl)C(=O)O. The van der Waals surface area contributed by atoms with E-state index in [4.69, 9.17) is 21.4 Å². The van der Waals surface area contributed by atoms with Gasteiger partial charge in [0.1, 0.15) is 5.38 Å². The van der Waals surface area contributed by atoms with Crippen molar-refractivity contribution in [2.45, 2.75) is 18.2 Å². The van der Waals surface area contributed by atoms with Crippen LogP contribution in [0.1, 0.15) is 12.8 Å². The van der Waals surface area contributed by atoms with Gasteiger partial charge in [0, 0.05) is 19.7 Å². The summed E-state index contributed by atoms with van der Waals surface area (Å²) in [7, 11) is 1.85. The number of ether oxygens (including phenoxy) is 1. The quantitative estimate of drug-likeness (QED) is 0.505. The van der Waals surface area contributed by atoms with Crippen LogP contribution in [-0.2, 0) is 9.53 Å². The molecule has 5 heteroatoms. The number of alkyl halides is 1. The number of carbonyl (C=O) groups is 1. The number of hydrogen-bond donors (Lipinski definition) is 1. The number of likely N-dealkylation sites (N-methyl/N-ethyl adjacent to an activating group) is 1. The zero-order valence-electron chi connectivity index (χ0n) is 8.99. The molecule has 1 aliphatic carbocycles. The topological polar surface area (TPSA) is 49.8 Å². The molecule has 4 nitrogen and oxygen atoms in total. The first-order valence-electron chi connectivity index (χ1n) is 5.22. The number of hydrogen-bond acceptors (Lipinski definition) is 3. The van der Waals surface area contributed by atoms with Crippen LogP contribution in [0.3, 0.4) is 0 Å². The molecule has 0 amide bonds. The highest BCUT2D eigenvalue weighted by Gasteiger charge is 2.21. The van der Waals surface area contributed by atoms with Crippen LogP contribution >= 0.6 is 11.6 Å². The molecule has 15 heavy (non-hydrogen) atoms. The van der Waals surface area contributed by atoms with Gasteiger partial charge in [-0.2, -0.15) is 0 Å². The highest BCUT2D eigenvalue weighted by molar-refractivity contribution is 6.29. The molecular weight excluding hydrogens is 218 g/mol. The number of carboxylic acid groups (broad SMARTS) is 1. The second kappa shape index (κ2) is 6.30. The van der Waals surface area contributed by atoms with Crippen molar-refractivity contribution in [3.05, 3.63) is 0 Å². The van der Waals surface area contributed by atoms with E-state index in [1.165, 1.54) is 12.8 Å². The summed E-state index contributed by atoms with van der Waals surface area (Å²) in [6.45, 7) is 2.57. The first-order chi connectivity index (χ1) is 7.09. The summed E-state index contributed by atoms with van der Waals surface area (Å²) in [5, 5.41) is 7.76. The maximum Gasteiger partial charge on any atom is 0.322 e. The molecule has 1 unspecified atom stereocenters. The van der Waals surface area contributed by atoms with Crippen LogP contribution in [0.15, 0.2) is 0 Å². The fourth-order valence-corrected chi connectivity index (χ4v) is 1.43. The summed E-state index contributed by atoms with van der Waals surface area (Å²) in [5.41, 5.74) is 0. The molecule has 0 spiro atoms. The number of rotatable bonds is 8. The monoisotopic (exact) mass is 235 g/mol. The Morgan fingerprint density at radius 1 is 1.67 bits per heavy atom. The van der Waals surface area contributed by atoms with Crippen molar-refractivity contribution < 1.29 is 14.6 Å². The van der Waals surface area contributed by atoms with Gasteiger partial charge in [-0.25, -0.2) is 0 Å². The minimum Gasteiger partial charge on any atom is -0.480 e. The summed E-state index contributed by atoms with van der Waals surface area (Å²) in [6, 6.07) is 0. The third-order valence-corrected chi connectivity index (χ3v) is 2.73. The summed E-state index contributed by atoms with van der Waals surface area (Å²) in [5.74, 6) is -0.197. The maximum absolute atomic E-state index is 10.5. The van der Waals surface area contributed by atoms with Crippen molar-refractivity contribution in [1.82, 2.24) is 4.90 Å². The van der Waals surface area contributed by atoms with Crippen LogP contribution in [0, 0.1) is 5.92 Å². The number of halogens is 1. The minimum atomic E-state index is -0.970. The highest BCUT2D eigenvalue weighted by Crippen LogP contribution is 2.28. The molecule has 0 aromatic rings. The average Bonchev–Trinajstić information content (AvgIpc) is 2.95. The van der Waals surface area contributed by atoms with Crippen molar-refractivity contribution >= 4 is 17.6 Å². The van der Waals surface area contributed by atoms with Gasteiger partial charge in [-0.1, -0.05) is 0 Å². The second-order valence-corrected chi connectivity index (χ2v) is 4.61. The first kappa shape index (κ1) is 12.7. The smallest absolute Gasteiger partial charge is 0.322 e. The molecule has 1 saturated carbocycles. The molecule has 1 N–H and O–H groups in total. The molecule has 1 rings (SSSR count). The lowest BCUT2D eigenvalue weighted by molar-refractivity contribution is -0.136. The third kappa shape index (κ3) is 5.97. The molecule has 0 heterocycles. The van der Waals surface area contributed by atoms with Gasteiger partial charge in [-0.3, -0.25) is 4.79 Å². The first-order valence-corrected chi connectivity index (χ1v) is 5.66. The van der Waals surface area contributed by atoms with E-state index < -0.39 is 11.3 Å². The Kier molecular flexibility index (Phi) is 5.36. The second-order valence-electron chi connectivity index (χ2n) is 4.09. The largest absolute Gasteiger partial charge is 0.480 e. The standard InChI is InChI=1S/C10H18ClNO3/c1-12(6-9(11)10(13)14)4-5-15-7-8-2-3-8/h8-9H,2-7H2,1H3,(H,13,14). The molecule has 0 bridgehead atoms. The molecular formula is C10H18ClNO3. The van der Waals surface area contributed by atoms with Gasteiger partial charge >= 0.3 is 5.97 Å². The Morgan fingerprint density at radius 2 is 2.33 bits per heavy atom. The van der Waals surface area contributed by atoms with E-state index in [1.807, 2.05) is 11.9 Å². The van der Waals surface area contributed by atoms with Gasteiger partial charge in [-0.05, 0) is 25.8 Å².